The number of carbonyl (C=O) groups is 1. The molecule has 0 amide bonds. The smallest absolute Gasteiger partial charge is 0.316 e. The van der Waals surface area contributed by atoms with E-state index in [9.17, 15) is 5.11 Å². The lowest BCUT2D eigenvalue weighted by Gasteiger charge is -2.32. The van der Waals surface area contributed by atoms with Gasteiger partial charge in [-0.2, -0.15) is 0 Å². The zero-order valence-corrected chi connectivity index (χ0v) is 35.2. The summed E-state index contributed by atoms with van der Waals surface area (Å²) >= 11 is 0. The van der Waals surface area contributed by atoms with Crippen LogP contribution in [0.4, 0.5) is 0 Å². The van der Waals surface area contributed by atoms with Crippen molar-refractivity contribution in [1.82, 2.24) is 0 Å². The molecule has 0 atom stereocenters. The fourth-order valence-electron chi connectivity index (χ4n) is 26.1. The lowest BCUT2D eigenvalue weighted by Crippen LogP contribution is -2.31. The quantitative estimate of drug-likeness (QED) is 0.176. The molecule has 29 aromatic carbocycles. The van der Waals surface area contributed by atoms with E-state index in [0.717, 1.165) is 5.56 Å². The van der Waals surface area contributed by atoms with Gasteiger partial charge in [0.25, 0.3) is 0 Å². The Balaban J connectivity index is 1.20. The van der Waals surface area contributed by atoms with Gasteiger partial charge >= 0.3 is 5.97 Å². The number of carboxylic acids is 1. The van der Waals surface area contributed by atoms with Crippen LogP contribution in [-0.4, -0.2) is 11.1 Å². The van der Waals surface area contributed by atoms with Crippen molar-refractivity contribution in [3.05, 3.63) is 58.1 Å². The molecule has 0 aliphatic heterocycles. The van der Waals surface area contributed by atoms with Crippen LogP contribution in [0, 0.1) is 0 Å². The molecule has 0 bridgehead atoms. The molecule has 0 saturated heterocycles. The van der Waals surface area contributed by atoms with Gasteiger partial charge in [0.1, 0.15) is 5.41 Å². The minimum atomic E-state index is -1.24. The molecular weight excluding hydrogens is 849 g/mol. The van der Waals surface area contributed by atoms with Gasteiger partial charge in [0.15, 0.2) is 0 Å². The Morgan fingerprint density at radius 2 is 0.371 bits per heavy atom. The van der Waals surface area contributed by atoms with Crippen molar-refractivity contribution in [3.63, 3.8) is 0 Å². The summed E-state index contributed by atoms with van der Waals surface area (Å²) in [5.41, 5.74) is 3.84. The van der Waals surface area contributed by atoms with E-state index in [1.165, 1.54) is 162 Å². The Morgan fingerprint density at radius 1 is 0.229 bits per heavy atom. The number of carboxylic acid groups (broad SMARTS) is 1. The van der Waals surface area contributed by atoms with E-state index in [4.69, 9.17) is 0 Å². The highest BCUT2D eigenvalue weighted by molar-refractivity contribution is 6.82. The van der Waals surface area contributed by atoms with E-state index in [-0.39, 0.29) is 0 Å². The highest BCUT2D eigenvalue weighted by Gasteiger charge is 2.98. The van der Waals surface area contributed by atoms with Gasteiger partial charge in [-0.15, -0.1) is 0 Å². The van der Waals surface area contributed by atoms with Crippen LogP contribution in [0.1, 0.15) is 27.8 Å². The highest BCUT2D eigenvalue weighted by Crippen LogP contribution is 2.96. The average molecular weight is 855 g/mol. The predicted octanol–water partition coefficient (Wildman–Crippen LogP) is 17.3. The van der Waals surface area contributed by atoms with Gasteiger partial charge in [-0.05, 0) is 319 Å². The van der Waals surface area contributed by atoms with Crippen molar-refractivity contribution in [1.29, 1.82) is 0 Å². The minimum Gasteiger partial charge on any atom is -0.481 e. The fraction of sp³-hybridized carbons (Fsp3) is 0.0441. The van der Waals surface area contributed by atoms with Gasteiger partial charge in [-0.3, -0.25) is 4.79 Å². The lowest BCUT2D eigenvalue weighted by molar-refractivity contribution is -0.140. The van der Waals surface area contributed by atoms with Crippen molar-refractivity contribution in [2.45, 2.75) is 16.2 Å². The van der Waals surface area contributed by atoms with E-state index in [0.29, 0.717) is 0 Å². The standard InChI is InChI=1S/C68H6O2/c69-65(70)66(6-4-2-1-3-5-6)67-61-53-45-35-25-17-9-7-8-11-15-13(9)21-29-23(15)33-27-19(11)20-12(8)16-14-10(7)18(17)26-32-22(14)30-24(16)34-28(20)38-37(27)47-41(33)51-43(29)49(39(45)31(21)25)57(61)59(51)63-55(47)56-48(38)42(34)52-44(30)50-40(32)46(36(26)35)54(53)62(67)58(50)60(52)64(56)68(63,66)67/h1-5H,(H,69,70). The highest BCUT2D eigenvalue weighted by atomic mass is 16.4. The summed E-state index contributed by atoms with van der Waals surface area (Å²) in [6.07, 6.45) is 0. The summed E-state index contributed by atoms with van der Waals surface area (Å²) in [7, 11) is 0. The second-order valence-electron chi connectivity index (χ2n) is 25.7. The Morgan fingerprint density at radius 3 is 0.514 bits per heavy atom. The molecule has 0 aromatic heterocycles. The van der Waals surface area contributed by atoms with Crippen molar-refractivity contribution >= 4 is 297 Å². The first-order valence-electron chi connectivity index (χ1n) is 25.8. The minimum absolute atomic E-state index is 0.631. The van der Waals surface area contributed by atoms with E-state index in [2.05, 4.69) is 30.3 Å². The van der Waals surface area contributed by atoms with Gasteiger partial charge in [0.2, 0.25) is 0 Å². The summed E-state index contributed by atoms with van der Waals surface area (Å²) in [5.74, 6) is -0.631. The second kappa shape index (κ2) is 5.58. The number of aliphatic carboxylic acids is 1. The summed E-state index contributed by atoms with van der Waals surface area (Å²) in [5, 5.41) is 96.4. The average Bonchev–Trinajstić information content (AvgIpc) is 4.40. The number of benzene rings is 19. The van der Waals surface area contributed by atoms with Crippen molar-refractivity contribution in [2.24, 2.45) is 0 Å². The Hall–Kier alpha value is -8.85. The van der Waals surface area contributed by atoms with Crippen LogP contribution in [0.2, 0.25) is 0 Å². The summed E-state index contributed by atoms with van der Waals surface area (Å²) in [6.45, 7) is 0. The van der Waals surface area contributed by atoms with Gasteiger partial charge < -0.3 is 5.11 Å². The fourth-order valence-corrected chi connectivity index (χ4v) is 26.1. The van der Waals surface area contributed by atoms with Crippen molar-refractivity contribution < 1.29 is 9.90 Å². The molecule has 1 N–H and O–H groups in total. The van der Waals surface area contributed by atoms with Gasteiger partial charge in [0, 0.05) is 0 Å². The third kappa shape index (κ3) is 1.25. The molecule has 0 heterocycles. The Kier molecular flexibility index (Phi) is 2.03. The molecule has 290 valence electrons. The molecule has 34 rings (SSSR count). The van der Waals surface area contributed by atoms with Crippen LogP contribution in [-0.2, 0) is 21.0 Å². The molecular formula is C68H6O2. The molecule has 2 heteroatoms. The normalized spacial score (nSPS) is 24.3. The number of hydrogen-bond acceptors (Lipinski definition) is 1. The zero-order chi connectivity index (χ0) is 41.7. The van der Waals surface area contributed by atoms with Crippen molar-refractivity contribution in [2.75, 3.05) is 0 Å². The number of rotatable bonds is 2. The van der Waals surface area contributed by atoms with Gasteiger partial charge in [-0.1, -0.05) is 30.3 Å². The first-order chi connectivity index (χ1) is 34.8. The lowest BCUT2D eigenvalue weighted by atomic mass is 9.68. The molecule has 1 saturated carbocycles. The second-order valence-corrected chi connectivity index (χ2v) is 25.7. The number of hydrogen-bond donors (Lipinski definition) is 1. The van der Waals surface area contributed by atoms with E-state index >= 15 is 4.79 Å². The van der Waals surface area contributed by atoms with Crippen LogP contribution in [0.15, 0.2) is 30.3 Å². The van der Waals surface area contributed by atoms with Crippen LogP contribution in [0.3, 0.4) is 0 Å². The molecule has 0 radical (unpaired) electrons. The molecule has 1 fully saturated rings. The van der Waals surface area contributed by atoms with Crippen molar-refractivity contribution in [3.8, 4) is 0 Å². The summed E-state index contributed by atoms with van der Waals surface area (Å²) in [6, 6.07) is 10.9. The zero-order valence-electron chi connectivity index (χ0n) is 35.2. The molecule has 2 nitrogen and oxygen atoms in total. The molecule has 29 aromatic rings. The van der Waals surface area contributed by atoms with Crippen LogP contribution in [0.25, 0.3) is 291 Å². The van der Waals surface area contributed by atoms with Crippen LogP contribution < -0.4 is 0 Å². The molecule has 5 aliphatic rings. The van der Waals surface area contributed by atoms with Crippen LogP contribution in [0.5, 0.6) is 0 Å². The first kappa shape index (κ1) is 25.5. The molecule has 70 heavy (non-hydrogen) atoms. The third-order valence-corrected chi connectivity index (χ3v) is 25.9. The van der Waals surface area contributed by atoms with Gasteiger partial charge in [0.05, 0.1) is 10.8 Å². The maximum absolute atomic E-state index is 16.2. The summed E-state index contributed by atoms with van der Waals surface area (Å²) in [4.78, 5) is 16.2. The molecule has 5 aliphatic carbocycles. The van der Waals surface area contributed by atoms with E-state index in [1.807, 2.05) is 0 Å². The largest absolute Gasteiger partial charge is 0.481 e. The maximum Gasteiger partial charge on any atom is 0.316 e. The first-order valence-corrected chi connectivity index (χ1v) is 25.8. The summed E-state index contributed by atoms with van der Waals surface area (Å²) < 4.78 is 0. The van der Waals surface area contributed by atoms with Gasteiger partial charge in [-0.25, -0.2) is 0 Å². The third-order valence-electron chi connectivity index (χ3n) is 25.9. The molecule has 0 unspecified atom stereocenters. The maximum atomic E-state index is 16.2. The van der Waals surface area contributed by atoms with Crippen LogP contribution >= 0.6 is 0 Å². The Bertz CT molecular complexity index is 6880. The van der Waals surface area contributed by atoms with E-state index < -0.39 is 22.2 Å². The topological polar surface area (TPSA) is 37.3 Å². The monoisotopic (exact) mass is 854 g/mol. The van der Waals surface area contributed by atoms with E-state index in [1.54, 1.807) is 151 Å². The SMILES string of the molecule is O=C(O)C1(c2ccccc2)C23c4c5c6c7c8c9c(c%10c%11c2c2c4c4c%12c5c5c6c6c8c8c%13c9c9c%10c%10c%11c%11c2c2c4c4c%12c%12c5c5c6c8c6c8c%13c9c9c%10c%10c%11c2c2c4c4c%12c5c6c5c8c9c%10c2c45)C713. The predicted molar refractivity (Wildman–Crippen MR) is 290 cm³/mol. The Labute approximate surface area is 379 Å². The molecule has 2 spiro atoms.